The second-order valence-electron chi connectivity index (χ2n) is 16.7. The van der Waals surface area contributed by atoms with Gasteiger partial charge >= 0.3 is 48.6 Å². The Hall–Kier alpha value is -3.04. The molecule has 0 aromatic heterocycles. The van der Waals surface area contributed by atoms with Crippen molar-refractivity contribution in [3.8, 4) is 0 Å². The second kappa shape index (κ2) is 19.8. The minimum absolute atomic E-state index is 0.167. The number of cyclic esters (lactones) is 1. The summed E-state index contributed by atoms with van der Waals surface area (Å²) in [7, 11) is 0. The van der Waals surface area contributed by atoms with Crippen LogP contribution in [0, 0.1) is 28.1 Å². The lowest BCUT2D eigenvalue weighted by atomic mass is 9.66. The summed E-state index contributed by atoms with van der Waals surface area (Å²) in [6.07, 6.45) is -28.7. The summed E-state index contributed by atoms with van der Waals surface area (Å²) in [5, 5.41) is 19.6. The summed E-state index contributed by atoms with van der Waals surface area (Å²) in [6.45, 7) is 16.0. The van der Waals surface area contributed by atoms with E-state index in [-0.39, 0.29) is 19.3 Å². The van der Waals surface area contributed by atoms with E-state index >= 15 is 0 Å². The minimum Gasteiger partial charge on any atom is -0.463 e. The third-order valence-electron chi connectivity index (χ3n) is 11.0. The second-order valence-corrected chi connectivity index (χ2v) is 16.7. The van der Waals surface area contributed by atoms with Crippen molar-refractivity contribution in [3.63, 3.8) is 0 Å². The van der Waals surface area contributed by atoms with Crippen molar-refractivity contribution >= 4 is 23.9 Å². The molecule has 22 heteroatoms. The van der Waals surface area contributed by atoms with Crippen LogP contribution >= 0.6 is 0 Å². The smallest absolute Gasteiger partial charge is 0.426 e. The first-order valence-corrected chi connectivity index (χ1v) is 18.6. The SMILES string of the molecule is CCC(C)(C)C(=O)OC(C)C(F)(F)F.CCC(C)(C)C(=O)OC1CC(C(C)(O)C(F)(F)F)CC(C(O)(C(F)(F)F)C(F)(F)F)C1.CCC(C)(C)C(=O)OC1CCOC1=O. The predicted octanol–water partition coefficient (Wildman–Crippen LogP) is 9.12. The van der Waals surface area contributed by atoms with Crippen molar-refractivity contribution in [1.29, 1.82) is 0 Å². The molecule has 2 fully saturated rings. The third kappa shape index (κ3) is 14.5. The van der Waals surface area contributed by atoms with Crippen LogP contribution in [0.4, 0.5) is 52.7 Å². The molecule has 0 bridgehead atoms. The van der Waals surface area contributed by atoms with E-state index in [1.165, 1.54) is 13.8 Å². The Morgan fingerprint density at radius 3 is 1.37 bits per heavy atom. The molecular weight excluding hydrogens is 832 g/mol. The zero-order valence-electron chi connectivity index (χ0n) is 34.7. The lowest BCUT2D eigenvalue weighted by Crippen LogP contribution is -2.64. The van der Waals surface area contributed by atoms with Crippen molar-refractivity contribution in [1.82, 2.24) is 0 Å². The van der Waals surface area contributed by atoms with Gasteiger partial charge in [-0.15, -0.1) is 0 Å². The van der Waals surface area contributed by atoms with Gasteiger partial charge in [0.05, 0.1) is 22.9 Å². The highest BCUT2D eigenvalue weighted by Crippen LogP contribution is 2.55. The number of carbonyl (C=O) groups is 4. The van der Waals surface area contributed by atoms with Gasteiger partial charge in [0.2, 0.25) is 6.10 Å². The number of carbonyl (C=O) groups excluding carboxylic acids is 4. The molecule has 2 aliphatic rings. The van der Waals surface area contributed by atoms with Gasteiger partial charge in [-0.1, -0.05) is 20.8 Å². The Kier molecular flexibility index (Phi) is 18.8. The van der Waals surface area contributed by atoms with Gasteiger partial charge in [-0.3, -0.25) is 14.4 Å². The van der Waals surface area contributed by atoms with Gasteiger partial charge in [0.25, 0.3) is 5.60 Å². The van der Waals surface area contributed by atoms with Gasteiger partial charge in [0.1, 0.15) is 6.10 Å². The number of alkyl halides is 12. The maximum Gasteiger partial charge on any atom is 0.426 e. The molecule has 2 rings (SSSR count). The highest BCUT2D eigenvalue weighted by molar-refractivity contribution is 5.82. The Bertz CT molecular complexity index is 1400. The Balaban J connectivity index is 0.000000990. The summed E-state index contributed by atoms with van der Waals surface area (Å²) in [5.41, 5.74) is -11.6. The van der Waals surface area contributed by atoms with Crippen LogP contribution in [-0.2, 0) is 38.1 Å². The van der Waals surface area contributed by atoms with Gasteiger partial charge in [0, 0.05) is 18.3 Å². The summed E-state index contributed by atoms with van der Waals surface area (Å²) in [6, 6.07) is 0. The molecule has 6 unspecified atom stereocenters. The van der Waals surface area contributed by atoms with Crippen molar-refractivity contribution in [3.05, 3.63) is 0 Å². The quantitative estimate of drug-likeness (QED) is 0.117. The Morgan fingerprint density at radius 1 is 0.644 bits per heavy atom. The van der Waals surface area contributed by atoms with Crippen LogP contribution in [0.3, 0.4) is 0 Å². The zero-order valence-corrected chi connectivity index (χ0v) is 34.7. The van der Waals surface area contributed by atoms with Crippen LogP contribution < -0.4 is 0 Å². The number of hydrogen-bond acceptors (Lipinski definition) is 10. The lowest BCUT2D eigenvalue weighted by Gasteiger charge is -2.47. The van der Waals surface area contributed by atoms with Gasteiger partial charge in [-0.2, -0.15) is 52.7 Å². The average molecular weight is 889 g/mol. The maximum absolute atomic E-state index is 13.3. The fraction of sp³-hybridized carbons (Fsp3) is 0.892. The lowest BCUT2D eigenvalue weighted by molar-refractivity contribution is -0.391. The molecule has 1 heterocycles. The molecular formula is C37H56F12O10. The van der Waals surface area contributed by atoms with Gasteiger partial charge in [0.15, 0.2) is 11.7 Å². The summed E-state index contributed by atoms with van der Waals surface area (Å²) in [5.74, 6) is -7.65. The van der Waals surface area contributed by atoms with E-state index in [0.29, 0.717) is 25.9 Å². The number of aliphatic hydroxyl groups is 2. The van der Waals surface area contributed by atoms with Crippen molar-refractivity contribution in [2.45, 2.75) is 175 Å². The Labute approximate surface area is 335 Å². The normalized spacial score (nSPS) is 22.6. The van der Waals surface area contributed by atoms with E-state index in [0.717, 1.165) is 6.92 Å². The average Bonchev–Trinajstić information content (AvgIpc) is 3.49. The molecule has 0 aromatic rings. The van der Waals surface area contributed by atoms with Gasteiger partial charge in [-0.25, -0.2) is 4.79 Å². The van der Waals surface area contributed by atoms with E-state index in [4.69, 9.17) is 14.2 Å². The van der Waals surface area contributed by atoms with Crippen molar-refractivity contribution in [2.24, 2.45) is 28.1 Å². The molecule has 0 aromatic carbocycles. The Morgan fingerprint density at radius 2 is 1.03 bits per heavy atom. The molecule has 0 radical (unpaired) electrons. The minimum atomic E-state index is -6.28. The number of rotatable bonds is 11. The van der Waals surface area contributed by atoms with Crippen LogP contribution in [0.15, 0.2) is 0 Å². The maximum atomic E-state index is 13.3. The highest BCUT2D eigenvalue weighted by atomic mass is 19.4. The van der Waals surface area contributed by atoms with E-state index in [1.807, 2.05) is 6.92 Å². The summed E-state index contributed by atoms with van der Waals surface area (Å²) in [4.78, 5) is 46.1. The molecule has 1 aliphatic heterocycles. The molecule has 0 amide bonds. The van der Waals surface area contributed by atoms with Crippen LogP contribution in [-0.4, -0.2) is 94.9 Å². The third-order valence-corrected chi connectivity index (χ3v) is 11.0. The fourth-order valence-electron chi connectivity index (χ4n) is 5.02. The molecule has 0 spiro atoms. The van der Waals surface area contributed by atoms with E-state index < -0.39 is 119 Å². The zero-order chi connectivity index (χ0) is 47.2. The molecule has 1 aliphatic carbocycles. The standard InChI is InChI=1S/C18H25F9O4.C10H16O4.C9H15F3O2/c1-5-13(2,3)12(28)31-11-7-9(14(4,29)16(19,20)21)6-10(8-11)15(30,17(22,23)24)18(25,26)27;1-4-10(2,3)9(12)14-7-5-6-13-8(7)11;1-5-8(3,4)7(13)14-6(2)9(10,11)12/h9-11,29-30H,5-8H2,1-4H3;7H,4-6H2,1-3H3;6H,5H2,1-4H3. The highest BCUT2D eigenvalue weighted by Gasteiger charge is 2.75. The largest absolute Gasteiger partial charge is 0.463 e. The molecule has 1 saturated carbocycles. The van der Waals surface area contributed by atoms with Crippen molar-refractivity contribution < 1.29 is 101 Å². The number of ether oxygens (including phenoxy) is 4. The number of hydrogen-bond donors (Lipinski definition) is 2. The van der Waals surface area contributed by atoms with Crippen molar-refractivity contribution in [2.75, 3.05) is 6.61 Å². The molecule has 2 N–H and O–H groups in total. The first kappa shape index (κ1) is 56.0. The van der Waals surface area contributed by atoms with Crippen LogP contribution in [0.1, 0.15) is 121 Å². The van der Waals surface area contributed by atoms with E-state index in [1.54, 1.807) is 41.5 Å². The monoisotopic (exact) mass is 888 g/mol. The predicted molar refractivity (Wildman–Crippen MR) is 184 cm³/mol. The fourth-order valence-corrected chi connectivity index (χ4v) is 5.02. The molecule has 1 saturated heterocycles. The number of esters is 4. The first-order valence-electron chi connectivity index (χ1n) is 18.6. The van der Waals surface area contributed by atoms with E-state index in [2.05, 4.69) is 4.74 Å². The first-order chi connectivity index (χ1) is 26.1. The van der Waals surface area contributed by atoms with Gasteiger partial charge < -0.3 is 29.2 Å². The number of halogens is 12. The topological polar surface area (TPSA) is 146 Å². The van der Waals surface area contributed by atoms with Crippen LogP contribution in [0.2, 0.25) is 0 Å². The molecule has 59 heavy (non-hydrogen) atoms. The van der Waals surface area contributed by atoms with Crippen LogP contribution in [0.25, 0.3) is 0 Å². The van der Waals surface area contributed by atoms with E-state index in [9.17, 15) is 82.1 Å². The van der Waals surface area contributed by atoms with Crippen LogP contribution in [0.5, 0.6) is 0 Å². The van der Waals surface area contributed by atoms with Gasteiger partial charge in [-0.05, 0) is 93.9 Å². The molecule has 6 atom stereocenters. The molecule has 10 nitrogen and oxygen atoms in total. The summed E-state index contributed by atoms with van der Waals surface area (Å²) >= 11 is 0. The summed E-state index contributed by atoms with van der Waals surface area (Å²) < 4.78 is 175. The molecule has 348 valence electrons.